The van der Waals surface area contributed by atoms with Crippen molar-refractivity contribution in [2.75, 3.05) is 13.2 Å². The number of ketones is 1. The monoisotopic (exact) mass is 314 g/mol. The van der Waals surface area contributed by atoms with Crippen molar-refractivity contribution in [3.05, 3.63) is 35.9 Å². The number of esters is 1. The Bertz CT molecular complexity index is 642. The number of benzene rings is 1. The number of ether oxygens (including phenoxy) is 2. The summed E-state index contributed by atoms with van der Waals surface area (Å²) in [5, 5.41) is 16.1. The largest absolute Gasteiger partial charge is 0.494 e. The van der Waals surface area contributed by atoms with Crippen LogP contribution in [-0.2, 0) is 14.3 Å². The zero-order valence-corrected chi connectivity index (χ0v) is 13.0. The van der Waals surface area contributed by atoms with Crippen molar-refractivity contribution in [1.82, 2.24) is 0 Å². The summed E-state index contributed by atoms with van der Waals surface area (Å²) in [6, 6.07) is 8.83. The van der Waals surface area contributed by atoms with Crippen LogP contribution in [0.25, 0.3) is 6.08 Å². The van der Waals surface area contributed by atoms with Crippen LogP contribution in [0.3, 0.4) is 0 Å². The molecule has 0 saturated heterocycles. The summed E-state index contributed by atoms with van der Waals surface area (Å²) >= 11 is 0. The van der Waals surface area contributed by atoms with Crippen molar-refractivity contribution in [2.45, 2.75) is 13.8 Å². The lowest BCUT2D eigenvalue weighted by molar-refractivity contribution is -0.143. The predicted octanol–water partition coefficient (Wildman–Crippen LogP) is 2.39. The Kier molecular flexibility index (Phi) is 7.21. The molecule has 6 nitrogen and oxygen atoms in total. The highest BCUT2D eigenvalue weighted by atomic mass is 16.5. The SMILES string of the molecule is CCOc1ccc(/C=C/C(=O)OCC(=O)[C@H](C#N)C(C)=N)cc1. The van der Waals surface area contributed by atoms with Crippen LogP contribution in [-0.4, -0.2) is 30.7 Å². The van der Waals surface area contributed by atoms with Gasteiger partial charge in [-0.3, -0.25) is 4.79 Å². The van der Waals surface area contributed by atoms with Gasteiger partial charge >= 0.3 is 5.97 Å². The molecule has 23 heavy (non-hydrogen) atoms. The molecule has 0 fully saturated rings. The van der Waals surface area contributed by atoms with Gasteiger partial charge in [-0.05, 0) is 37.6 Å². The Morgan fingerprint density at radius 1 is 1.35 bits per heavy atom. The molecule has 1 aromatic carbocycles. The first-order chi connectivity index (χ1) is 11.0. The Hall–Kier alpha value is -2.94. The van der Waals surface area contributed by atoms with E-state index in [1.165, 1.54) is 13.0 Å². The topological polar surface area (TPSA) is 100 Å². The van der Waals surface area contributed by atoms with Crippen LogP contribution in [0.2, 0.25) is 0 Å². The van der Waals surface area contributed by atoms with E-state index in [-0.39, 0.29) is 5.71 Å². The van der Waals surface area contributed by atoms with Gasteiger partial charge in [-0.1, -0.05) is 12.1 Å². The van der Waals surface area contributed by atoms with E-state index < -0.39 is 24.3 Å². The molecule has 0 aliphatic rings. The summed E-state index contributed by atoms with van der Waals surface area (Å²) < 4.78 is 10.1. The molecule has 0 amide bonds. The van der Waals surface area contributed by atoms with Crippen molar-refractivity contribution in [1.29, 1.82) is 10.7 Å². The highest BCUT2D eigenvalue weighted by Crippen LogP contribution is 2.13. The molecule has 0 aromatic heterocycles. The fourth-order valence-corrected chi connectivity index (χ4v) is 1.69. The summed E-state index contributed by atoms with van der Waals surface area (Å²) in [5.41, 5.74) is 0.709. The third-order valence-electron chi connectivity index (χ3n) is 2.84. The zero-order chi connectivity index (χ0) is 17.2. The van der Waals surface area contributed by atoms with Crippen LogP contribution in [0.1, 0.15) is 19.4 Å². The number of nitrogens with one attached hydrogen (secondary N) is 1. The van der Waals surface area contributed by atoms with Gasteiger partial charge in [-0.15, -0.1) is 0 Å². The number of carbonyl (C=O) groups excluding carboxylic acids is 2. The molecule has 1 N–H and O–H groups in total. The van der Waals surface area contributed by atoms with Gasteiger partial charge in [0.05, 0.1) is 12.7 Å². The maximum absolute atomic E-state index is 11.6. The number of nitriles is 1. The summed E-state index contributed by atoms with van der Waals surface area (Å²) in [6.07, 6.45) is 2.74. The van der Waals surface area contributed by atoms with Crippen molar-refractivity contribution in [3.8, 4) is 11.8 Å². The van der Waals surface area contributed by atoms with E-state index in [0.717, 1.165) is 11.3 Å². The van der Waals surface area contributed by atoms with E-state index in [4.69, 9.17) is 20.1 Å². The molecular formula is C17H18N2O4. The van der Waals surface area contributed by atoms with Crippen LogP contribution in [0.5, 0.6) is 5.75 Å². The lowest BCUT2D eigenvalue weighted by Crippen LogP contribution is -2.25. The molecule has 6 heteroatoms. The summed E-state index contributed by atoms with van der Waals surface area (Å²) in [4.78, 5) is 23.2. The normalized spacial score (nSPS) is 11.5. The number of hydrogen-bond donors (Lipinski definition) is 1. The molecule has 1 atom stereocenters. The standard InChI is InChI=1S/C17H18N2O4/c1-3-22-14-7-4-13(5-8-14)6-9-17(21)23-11-16(20)15(10-18)12(2)19/h4-9,15,19H,3,11H2,1-2H3/b9-6+,19-12?/t15-/m1/s1. The molecule has 1 rings (SSSR count). The van der Waals surface area contributed by atoms with E-state index in [1.807, 2.05) is 6.92 Å². The van der Waals surface area contributed by atoms with Crippen LogP contribution in [0.15, 0.2) is 30.3 Å². The highest BCUT2D eigenvalue weighted by Gasteiger charge is 2.20. The minimum Gasteiger partial charge on any atom is -0.494 e. The molecule has 0 unspecified atom stereocenters. The molecule has 0 spiro atoms. The van der Waals surface area contributed by atoms with Crippen LogP contribution in [0.4, 0.5) is 0 Å². The first-order valence-corrected chi connectivity index (χ1v) is 7.03. The van der Waals surface area contributed by atoms with E-state index in [1.54, 1.807) is 36.4 Å². The van der Waals surface area contributed by atoms with Gasteiger partial charge in [-0.25, -0.2) is 4.79 Å². The Balaban J connectivity index is 2.51. The zero-order valence-electron chi connectivity index (χ0n) is 13.0. The van der Waals surface area contributed by atoms with Gasteiger partial charge in [0, 0.05) is 11.8 Å². The quantitative estimate of drug-likeness (QED) is 0.451. The fraction of sp³-hybridized carbons (Fsp3) is 0.294. The second-order valence-electron chi connectivity index (χ2n) is 4.65. The molecule has 1 aromatic rings. The summed E-state index contributed by atoms with van der Waals surface area (Å²) in [5.74, 6) is -1.73. The average Bonchev–Trinajstić information content (AvgIpc) is 2.53. The average molecular weight is 314 g/mol. The minimum absolute atomic E-state index is 0.0709. The molecule has 0 bridgehead atoms. The smallest absolute Gasteiger partial charge is 0.331 e. The van der Waals surface area contributed by atoms with Crippen molar-refractivity contribution < 1.29 is 19.1 Å². The Labute approximate surface area is 134 Å². The first-order valence-electron chi connectivity index (χ1n) is 7.03. The fourth-order valence-electron chi connectivity index (χ4n) is 1.69. The van der Waals surface area contributed by atoms with E-state index in [0.29, 0.717) is 6.61 Å². The van der Waals surface area contributed by atoms with Crippen LogP contribution >= 0.6 is 0 Å². The third kappa shape index (κ3) is 6.14. The lowest BCUT2D eigenvalue weighted by atomic mass is 10.0. The van der Waals surface area contributed by atoms with Crippen molar-refractivity contribution >= 4 is 23.5 Å². The summed E-state index contributed by atoms with van der Waals surface area (Å²) in [7, 11) is 0. The van der Waals surface area contributed by atoms with Crippen molar-refractivity contribution in [3.63, 3.8) is 0 Å². The van der Waals surface area contributed by atoms with Gasteiger partial charge in [0.25, 0.3) is 0 Å². The highest BCUT2D eigenvalue weighted by molar-refractivity contribution is 6.06. The molecule has 0 aliphatic carbocycles. The second-order valence-corrected chi connectivity index (χ2v) is 4.65. The number of hydrogen-bond acceptors (Lipinski definition) is 6. The third-order valence-corrected chi connectivity index (χ3v) is 2.84. The maximum Gasteiger partial charge on any atom is 0.331 e. The second kappa shape index (κ2) is 9.15. The van der Waals surface area contributed by atoms with Crippen LogP contribution < -0.4 is 4.74 Å². The number of carbonyl (C=O) groups is 2. The molecular weight excluding hydrogens is 296 g/mol. The van der Waals surface area contributed by atoms with Gasteiger partial charge in [0.15, 0.2) is 12.4 Å². The predicted molar refractivity (Wildman–Crippen MR) is 85.1 cm³/mol. The maximum atomic E-state index is 11.6. The number of rotatable bonds is 8. The molecule has 0 radical (unpaired) electrons. The molecule has 120 valence electrons. The molecule has 0 heterocycles. The van der Waals surface area contributed by atoms with E-state index in [2.05, 4.69) is 0 Å². The number of Topliss-reactive ketones (excluding diaryl/α,β-unsaturated/α-hetero) is 1. The first kappa shape index (κ1) is 18.1. The molecule has 0 saturated carbocycles. The van der Waals surface area contributed by atoms with E-state index in [9.17, 15) is 9.59 Å². The number of nitrogens with zero attached hydrogens (tertiary/aromatic N) is 1. The van der Waals surface area contributed by atoms with E-state index >= 15 is 0 Å². The van der Waals surface area contributed by atoms with Gasteiger partial charge in [0.1, 0.15) is 11.7 Å². The van der Waals surface area contributed by atoms with Crippen molar-refractivity contribution in [2.24, 2.45) is 5.92 Å². The minimum atomic E-state index is -1.17. The van der Waals surface area contributed by atoms with Gasteiger partial charge in [-0.2, -0.15) is 5.26 Å². The van der Waals surface area contributed by atoms with Gasteiger partial charge < -0.3 is 14.9 Å². The Morgan fingerprint density at radius 2 is 2.00 bits per heavy atom. The summed E-state index contributed by atoms with van der Waals surface area (Å²) in [6.45, 7) is 3.30. The van der Waals surface area contributed by atoms with Gasteiger partial charge in [0.2, 0.25) is 0 Å². The Morgan fingerprint density at radius 3 is 2.52 bits per heavy atom. The van der Waals surface area contributed by atoms with Crippen LogP contribution in [0, 0.1) is 22.7 Å². The lowest BCUT2D eigenvalue weighted by Gasteiger charge is -2.06. The molecule has 0 aliphatic heterocycles.